The molecule has 0 unspecified atom stereocenters. The van der Waals surface area contributed by atoms with E-state index in [2.05, 4.69) is 10.6 Å². The lowest BCUT2D eigenvalue weighted by Gasteiger charge is -2.18. The Morgan fingerprint density at radius 1 is 0.476 bits per heavy atom. The minimum absolute atomic E-state index is 0.0218. The lowest BCUT2D eigenvalue weighted by atomic mass is 9.92. The van der Waals surface area contributed by atoms with Crippen LogP contribution in [0.2, 0.25) is 0 Å². The fourth-order valence-electron chi connectivity index (χ4n) is 4.83. The van der Waals surface area contributed by atoms with Gasteiger partial charge in [-0.2, -0.15) is 0 Å². The van der Waals surface area contributed by atoms with Crippen molar-refractivity contribution in [2.75, 3.05) is 24.6 Å². The number of hydrogen-bond acceptors (Lipinski definition) is 8. The molecule has 0 amide bonds. The van der Waals surface area contributed by atoms with Gasteiger partial charge < -0.3 is 10.6 Å². The van der Waals surface area contributed by atoms with E-state index in [9.17, 15) is 19.2 Å². The Morgan fingerprint density at radius 2 is 0.810 bits per heavy atom. The van der Waals surface area contributed by atoms with Gasteiger partial charge in [0.25, 0.3) is 0 Å². The molecule has 222 valence electrons. The minimum Gasteiger partial charge on any atom is -0.381 e. The topological polar surface area (TPSA) is 92.3 Å². The van der Waals surface area contributed by atoms with Gasteiger partial charge in [0.15, 0.2) is 0 Å². The number of allylic oxidation sites excluding steroid dienone is 4. The van der Waals surface area contributed by atoms with E-state index >= 15 is 0 Å². The van der Waals surface area contributed by atoms with Gasteiger partial charge in [0, 0.05) is 46.8 Å². The van der Waals surface area contributed by atoms with Crippen LogP contribution in [-0.4, -0.2) is 47.7 Å². The van der Waals surface area contributed by atoms with Crippen LogP contribution in [0.15, 0.2) is 70.0 Å². The highest BCUT2D eigenvalue weighted by atomic mass is 35.5. The van der Waals surface area contributed by atoms with Gasteiger partial charge in [-0.05, 0) is 25.7 Å². The van der Waals surface area contributed by atoms with Gasteiger partial charge in [-0.25, -0.2) is 0 Å². The number of fused-ring (bicyclic) bond motifs is 2. The van der Waals surface area contributed by atoms with Gasteiger partial charge in [0.2, 0.25) is 23.1 Å². The normalized spacial score (nSPS) is 14.8. The molecular formula is C32H34Cl2N2O4S2. The van der Waals surface area contributed by atoms with E-state index in [0.717, 1.165) is 62.9 Å². The molecule has 2 N–H and O–H groups in total. The van der Waals surface area contributed by atoms with Crippen LogP contribution < -0.4 is 10.6 Å². The van der Waals surface area contributed by atoms with Crippen molar-refractivity contribution in [2.24, 2.45) is 0 Å². The summed E-state index contributed by atoms with van der Waals surface area (Å²) in [6.07, 6.45) is 8.42. The average Bonchev–Trinajstić information content (AvgIpc) is 3.01. The smallest absolute Gasteiger partial charge is 0.211 e. The highest BCUT2D eigenvalue weighted by molar-refractivity contribution is 8.76. The van der Waals surface area contributed by atoms with Crippen LogP contribution in [0.3, 0.4) is 0 Å². The summed E-state index contributed by atoms with van der Waals surface area (Å²) in [6.45, 7) is 1.22. The summed E-state index contributed by atoms with van der Waals surface area (Å²) in [6, 6.07) is 13.6. The zero-order chi connectivity index (χ0) is 29.9. The van der Waals surface area contributed by atoms with Gasteiger partial charge in [0.1, 0.15) is 21.5 Å². The van der Waals surface area contributed by atoms with Crippen LogP contribution >= 0.6 is 44.8 Å². The van der Waals surface area contributed by atoms with E-state index in [0.29, 0.717) is 35.3 Å². The molecule has 2 aliphatic rings. The third kappa shape index (κ3) is 8.10. The fourth-order valence-corrected chi connectivity index (χ4v) is 7.63. The number of carbonyl (C=O) groups excluding carboxylic acids is 4. The molecule has 6 nitrogen and oxygen atoms in total. The Balaban J connectivity index is 0.974. The van der Waals surface area contributed by atoms with Crippen LogP contribution in [0.4, 0.5) is 0 Å². The number of carbonyl (C=O) groups is 4. The van der Waals surface area contributed by atoms with Crippen molar-refractivity contribution in [1.82, 2.24) is 10.6 Å². The third-order valence-corrected chi connectivity index (χ3v) is 10.4. The number of unbranched alkanes of at least 4 members (excludes halogenated alkanes) is 6. The third-order valence-electron chi connectivity index (χ3n) is 7.12. The van der Waals surface area contributed by atoms with Crippen LogP contribution in [0, 0.1) is 0 Å². The molecule has 10 heteroatoms. The van der Waals surface area contributed by atoms with Crippen LogP contribution in [-0.2, 0) is 0 Å². The zero-order valence-corrected chi connectivity index (χ0v) is 26.5. The molecule has 42 heavy (non-hydrogen) atoms. The van der Waals surface area contributed by atoms with Gasteiger partial charge in [-0.3, -0.25) is 19.2 Å². The summed E-state index contributed by atoms with van der Waals surface area (Å²) in [5, 5.41) is 6.13. The summed E-state index contributed by atoms with van der Waals surface area (Å²) < 4.78 is 0. The number of ketones is 4. The summed E-state index contributed by atoms with van der Waals surface area (Å²) in [4.78, 5) is 50.2. The van der Waals surface area contributed by atoms with Gasteiger partial charge in [-0.1, -0.05) is 119 Å². The Bertz CT molecular complexity index is 1300. The van der Waals surface area contributed by atoms with E-state index in [1.807, 2.05) is 21.6 Å². The molecule has 0 saturated carbocycles. The number of rotatable bonds is 17. The first-order valence-electron chi connectivity index (χ1n) is 14.3. The lowest BCUT2D eigenvalue weighted by Crippen LogP contribution is -2.29. The largest absolute Gasteiger partial charge is 0.381 e. The SMILES string of the molecule is O=C1C(Cl)=C(NCCCCCCSSCCCCCCNC2=C(Cl)C(=O)c3ccccc3C2=O)C(=O)c2ccccc21. The number of Topliss-reactive ketones (excluding diaryl/α,β-unsaturated/α-hetero) is 4. The summed E-state index contributed by atoms with van der Waals surface area (Å²) in [5.74, 6) is 1.17. The highest BCUT2D eigenvalue weighted by Gasteiger charge is 2.32. The van der Waals surface area contributed by atoms with Crippen molar-refractivity contribution in [3.63, 3.8) is 0 Å². The molecule has 0 atom stereocenters. The van der Waals surface area contributed by atoms with Crippen molar-refractivity contribution in [3.8, 4) is 0 Å². The second-order valence-corrected chi connectivity index (χ2v) is 13.6. The molecule has 0 saturated heterocycles. The average molecular weight is 646 g/mol. The second-order valence-electron chi connectivity index (χ2n) is 10.1. The molecule has 2 aromatic rings. The molecule has 0 bridgehead atoms. The first kappa shape index (κ1) is 32.4. The van der Waals surface area contributed by atoms with E-state index < -0.39 is 0 Å². The first-order valence-corrected chi connectivity index (χ1v) is 17.5. The molecule has 2 aromatic carbocycles. The van der Waals surface area contributed by atoms with Gasteiger partial charge >= 0.3 is 0 Å². The Labute approximate surface area is 264 Å². The lowest BCUT2D eigenvalue weighted by molar-refractivity contribution is 0.0974. The standard InChI is InChI=1S/C32H34Cl2N2O4S2/c33-25-27(31(39)23-15-7-5-13-21(23)29(25)37)35-17-9-1-3-11-19-41-42-20-12-4-2-10-18-36-28-26(34)30(38)22-14-6-8-16-24(22)32(28)40/h5-8,13-16,35-36H,1-4,9-12,17-20H2. The van der Waals surface area contributed by atoms with E-state index in [1.54, 1.807) is 48.5 Å². The van der Waals surface area contributed by atoms with Gasteiger partial charge in [0.05, 0.1) is 0 Å². The summed E-state index contributed by atoms with van der Waals surface area (Å²) >= 11 is 12.4. The molecule has 0 spiro atoms. The maximum atomic E-state index is 12.7. The zero-order valence-electron chi connectivity index (χ0n) is 23.3. The minimum atomic E-state index is -0.304. The molecule has 0 heterocycles. The number of halogens is 2. The van der Waals surface area contributed by atoms with Crippen LogP contribution in [0.5, 0.6) is 0 Å². The monoisotopic (exact) mass is 644 g/mol. The second kappa shape index (κ2) is 16.4. The van der Waals surface area contributed by atoms with E-state index in [1.165, 1.54) is 0 Å². The maximum absolute atomic E-state index is 12.7. The molecule has 2 aliphatic carbocycles. The van der Waals surface area contributed by atoms with Crippen LogP contribution in [0.25, 0.3) is 0 Å². The highest BCUT2D eigenvalue weighted by Crippen LogP contribution is 2.29. The quantitative estimate of drug-likeness (QED) is 0.133. The maximum Gasteiger partial charge on any atom is 0.211 e. The Hall–Kier alpha value is -2.52. The first-order chi connectivity index (χ1) is 20.4. The molecule has 0 fully saturated rings. The summed E-state index contributed by atoms with van der Waals surface area (Å²) in [7, 11) is 3.82. The Kier molecular flexibility index (Phi) is 12.6. The predicted octanol–water partition coefficient (Wildman–Crippen LogP) is 7.73. The predicted molar refractivity (Wildman–Crippen MR) is 174 cm³/mol. The number of nitrogens with one attached hydrogen (secondary N) is 2. The van der Waals surface area contributed by atoms with Crippen LogP contribution in [0.1, 0.15) is 92.8 Å². The van der Waals surface area contributed by atoms with E-state index in [4.69, 9.17) is 23.2 Å². The Morgan fingerprint density at radius 3 is 1.19 bits per heavy atom. The molecule has 0 radical (unpaired) electrons. The van der Waals surface area contributed by atoms with Gasteiger partial charge in [-0.15, -0.1) is 0 Å². The van der Waals surface area contributed by atoms with Crippen molar-refractivity contribution >= 4 is 67.9 Å². The molecule has 0 aromatic heterocycles. The molecule has 0 aliphatic heterocycles. The van der Waals surface area contributed by atoms with Crippen molar-refractivity contribution in [3.05, 3.63) is 92.2 Å². The summed E-state index contributed by atoms with van der Waals surface area (Å²) in [5.41, 5.74) is 1.97. The number of benzene rings is 2. The van der Waals surface area contributed by atoms with E-state index in [-0.39, 0.29) is 44.6 Å². The molecule has 4 rings (SSSR count). The van der Waals surface area contributed by atoms with Crippen molar-refractivity contribution in [2.45, 2.75) is 51.4 Å². The fraction of sp³-hybridized carbons (Fsp3) is 0.375. The molecular weight excluding hydrogens is 611 g/mol. The number of hydrogen-bond donors (Lipinski definition) is 2. The van der Waals surface area contributed by atoms with Crippen molar-refractivity contribution in [1.29, 1.82) is 0 Å². The van der Waals surface area contributed by atoms with Crippen molar-refractivity contribution < 1.29 is 19.2 Å².